The molecular formula is C27H37N3O2. The molecule has 32 heavy (non-hydrogen) atoms. The van der Waals surface area contributed by atoms with Gasteiger partial charge in [-0.05, 0) is 56.9 Å². The highest BCUT2D eigenvalue weighted by Gasteiger charge is 2.59. The molecule has 2 amide bonds. The fourth-order valence-corrected chi connectivity index (χ4v) is 7.38. The lowest BCUT2D eigenvalue weighted by molar-refractivity contribution is -0.136. The summed E-state index contributed by atoms with van der Waals surface area (Å²) in [6.45, 7) is 6.82. The first-order chi connectivity index (χ1) is 15.5. The summed E-state index contributed by atoms with van der Waals surface area (Å²) in [5.74, 6) is 1.99. The molecular weight excluding hydrogens is 398 g/mol. The number of likely N-dealkylation sites (tertiary alicyclic amines) is 2. The molecule has 5 fully saturated rings. The van der Waals surface area contributed by atoms with E-state index in [0.717, 1.165) is 57.8 Å². The molecule has 2 saturated carbocycles. The number of nitrogens with one attached hydrogen (secondary N) is 1. The second kappa shape index (κ2) is 7.58. The number of hydrogen-bond acceptors (Lipinski definition) is 3. The molecule has 0 bridgehead atoms. The Morgan fingerprint density at radius 3 is 2.38 bits per heavy atom. The van der Waals surface area contributed by atoms with Crippen LogP contribution in [-0.2, 0) is 15.0 Å². The molecule has 6 rings (SSSR count). The molecule has 0 radical (unpaired) electrons. The Balaban J connectivity index is 1.12. The van der Waals surface area contributed by atoms with Crippen molar-refractivity contribution >= 4 is 11.8 Å². The van der Waals surface area contributed by atoms with Crippen LogP contribution in [0.5, 0.6) is 0 Å². The van der Waals surface area contributed by atoms with Crippen LogP contribution in [0.2, 0.25) is 0 Å². The van der Waals surface area contributed by atoms with Gasteiger partial charge < -0.3 is 15.1 Å². The van der Waals surface area contributed by atoms with Gasteiger partial charge in [0.1, 0.15) is 0 Å². The second-order valence-corrected chi connectivity index (χ2v) is 11.5. The molecule has 1 spiro atoms. The molecule has 2 aliphatic carbocycles. The van der Waals surface area contributed by atoms with Crippen molar-refractivity contribution in [2.45, 2.75) is 69.2 Å². The Kier molecular flexibility index (Phi) is 4.90. The average Bonchev–Trinajstić information content (AvgIpc) is 3.12. The van der Waals surface area contributed by atoms with Gasteiger partial charge in [0.05, 0.1) is 11.3 Å². The van der Waals surface area contributed by atoms with Crippen LogP contribution in [0.3, 0.4) is 0 Å². The fourth-order valence-electron chi connectivity index (χ4n) is 7.38. The summed E-state index contributed by atoms with van der Waals surface area (Å²) in [5, 5.41) is 3.43. The Morgan fingerprint density at radius 1 is 1.03 bits per heavy atom. The Hall–Kier alpha value is -1.88. The third kappa shape index (κ3) is 3.30. The summed E-state index contributed by atoms with van der Waals surface area (Å²) >= 11 is 0. The van der Waals surface area contributed by atoms with E-state index in [4.69, 9.17) is 0 Å². The highest BCUT2D eigenvalue weighted by molar-refractivity contribution is 5.91. The normalized spacial score (nSPS) is 31.2. The van der Waals surface area contributed by atoms with Gasteiger partial charge in [-0.25, -0.2) is 0 Å². The molecule has 1 aromatic rings. The minimum absolute atomic E-state index is 0.0937. The van der Waals surface area contributed by atoms with E-state index in [-0.39, 0.29) is 22.8 Å². The third-order valence-electron chi connectivity index (χ3n) is 9.51. The largest absolute Gasteiger partial charge is 0.350 e. The Bertz CT molecular complexity index is 892. The molecule has 3 aliphatic heterocycles. The first-order valence-corrected chi connectivity index (χ1v) is 12.9. The second-order valence-electron chi connectivity index (χ2n) is 11.5. The summed E-state index contributed by atoms with van der Waals surface area (Å²) in [6.07, 6.45) is 9.24. The number of benzene rings is 1. The summed E-state index contributed by atoms with van der Waals surface area (Å²) < 4.78 is 0. The number of hydrogen-bond donors (Lipinski definition) is 1. The zero-order valence-corrected chi connectivity index (χ0v) is 19.4. The maximum atomic E-state index is 13.5. The summed E-state index contributed by atoms with van der Waals surface area (Å²) in [4.78, 5) is 31.1. The van der Waals surface area contributed by atoms with Crippen molar-refractivity contribution in [3.63, 3.8) is 0 Å². The van der Waals surface area contributed by atoms with Crippen LogP contribution in [0.4, 0.5) is 0 Å². The maximum absolute atomic E-state index is 13.5. The zero-order valence-electron chi connectivity index (χ0n) is 19.4. The van der Waals surface area contributed by atoms with Gasteiger partial charge in [0.2, 0.25) is 11.8 Å². The molecule has 5 aliphatic rings. The van der Waals surface area contributed by atoms with E-state index in [9.17, 15) is 9.59 Å². The van der Waals surface area contributed by atoms with Crippen LogP contribution in [0.1, 0.15) is 62.5 Å². The van der Waals surface area contributed by atoms with E-state index < -0.39 is 0 Å². The third-order valence-corrected chi connectivity index (χ3v) is 9.51. The van der Waals surface area contributed by atoms with Gasteiger partial charge in [-0.1, -0.05) is 42.7 Å². The van der Waals surface area contributed by atoms with Crippen LogP contribution in [-0.4, -0.2) is 59.9 Å². The van der Waals surface area contributed by atoms with Crippen LogP contribution >= 0.6 is 0 Å². The van der Waals surface area contributed by atoms with Gasteiger partial charge in [0.25, 0.3) is 0 Å². The molecule has 0 unspecified atom stereocenters. The van der Waals surface area contributed by atoms with Crippen molar-refractivity contribution in [2.24, 2.45) is 17.8 Å². The van der Waals surface area contributed by atoms with E-state index in [1.807, 2.05) is 0 Å². The van der Waals surface area contributed by atoms with Crippen molar-refractivity contribution in [3.05, 3.63) is 35.4 Å². The molecule has 0 aromatic heterocycles. The minimum atomic E-state index is -0.287. The van der Waals surface area contributed by atoms with Crippen LogP contribution < -0.4 is 5.32 Å². The molecule has 2 atom stereocenters. The number of aryl methyl sites for hydroxylation is 1. The smallest absolute Gasteiger partial charge is 0.233 e. The van der Waals surface area contributed by atoms with Crippen LogP contribution in [0.15, 0.2) is 24.3 Å². The van der Waals surface area contributed by atoms with Crippen LogP contribution in [0.25, 0.3) is 0 Å². The van der Waals surface area contributed by atoms with Gasteiger partial charge >= 0.3 is 0 Å². The van der Waals surface area contributed by atoms with Gasteiger partial charge in [-0.2, -0.15) is 0 Å². The monoisotopic (exact) mass is 435 g/mol. The summed E-state index contributed by atoms with van der Waals surface area (Å²) in [5.41, 5.74) is 2.04. The quantitative estimate of drug-likeness (QED) is 0.790. The van der Waals surface area contributed by atoms with E-state index in [1.165, 1.54) is 43.4 Å². The van der Waals surface area contributed by atoms with E-state index in [0.29, 0.717) is 11.8 Å². The lowest BCUT2D eigenvalue weighted by Gasteiger charge is -2.43. The predicted molar refractivity (Wildman–Crippen MR) is 124 cm³/mol. The lowest BCUT2D eigenvalue weighted by atomic mass is 9.75. The molecule has 5 nitrogen and oxygen atoms in total. The average molecular weight is 436 g/mol. The predicted octanol–water partition coefficient (Wildman–Crippen LogP) is 3.26. The molecule has 3 saturated heterocycles. The summed E-state index contributed by atoms with van der Waals surface area (Å²) in [7, 11) is 0. The standard InChI is InChI=1S/C27H37N3O2/c1-19-6-8-21(9-7-19)26(10-11-26)25(32)30-14-12-27(13-15-30)23-18-29(16-20-4-2-3-5-20)17-22(23)24(31)28-27/h6-9,20,22-23H,2-5,10-18H2,1H3,(H,28,31)/t22-,23+/m1/s1. The van der Waals surface area contributed by atoms with Gasteiger partial charge in [0.15, 0.2) is 0 Å². The van der Waals surface area contributed by atoms with Crippen molar-refractivity contribution < 1.29 is 9.59 Å². The van der Waals surface area contributed by atoms with Gasteiger partial charge in [0, 0.05) is 44.2 Å². The highest BCUT2D eigenvalue weighted by atomic mass is 16.2. The zero-order chi connectivity index (χ0) is 21.9. The van der Waals surface area contributed by atoms with Crippen molar-refractivity contribution in [1.82, 2.24) is 15.1 Å². The number of rotatable bonds is 4. The number of piperidine rings is 1. The molecule has 1 aromatic carbocycles. The van der Waals surface area contributed by atoms with Gasteiger partial charge in [-0.15, -0.1) is 0 Å². The lowest BCUT2D eigenvalue weighted by Crippen LogP contribution is -2.57. The molecule has 1 N–H and O–H groups in total. The molecule has 5 heteroatoms. The topological polar surface area (TPSA) is 52.7 Å². The molecule has 3 heterocycles. The van der Waals surface area contributed by atoms with Crippen molar-refractivity contribution in [1.29, 1.82) is 0 Å². The number of carbonyl (C=O) groups is 2. The number of carbonyl (C=O) groups excluding carboxylic acids is 2. The van der Waals surface area contributed by atoms with Crippen molar-refractivity contribution in [2.75, 3.05) is 32.7 Å². The fraction of sp³-hybridized carbons (Fsp3) is 0.704. The first-order valence-electron chi connectivity index (χ1n) is 12.9. The Labute approximate surface area is 191 Å². The first kappa shape index (κ1) is 20.7. The van der Waals surface area contributed by atoms with Gasteiger partial charge in [-0.3, -0.25) is 9.59 Å². The summed E-state index contributed by atoms with van der Waals surface area (Å²) in [6, 6.07) is 8.54. The van der Waals surface area contributed by atoms with E-state index in [2.05, 4.69) is 46.3 Å². The van der Waals surface area contributed by atoms with E-state index >= 15 is 0 Å². The maximum Gasteiger partial charge on any atom is 0.233 e. The number of fused-ring (bicyclic) bond motifs is 2. The molecule has 172 valence electrons. The Morgan fingerprint density at radius 2 is 1.72 bits per heavy atom. The van der Waals surface area contributed by atoms with E-state index in [1.54, 1.807) is 0 Å². The number of amides is 2. The number of nitrogens with zero attached hydrogens (tertiary/aromatic N) is 2. The highest BCUT2D eigenvalue weighted by Crippen LogP contribution is 2.51. The van der Waals surface area contributed by atoms with Crippen LogP contribution in [0, 0.1) is 24.7 Å². The van der Waals surface area contributed by atoms with Crippen molar-refractivity contribution in [3.8, 4) is 0 Å². The minimum Gasteiger partial charge on any atom is -0.350 e. The SMILES string of the molecule is Cc1ccc(C2(C(=O)N3CCC4(CC3)NC(=O)[C@@H]3CN(CC5CCCC5)C[C@@H]34)CC2)cc1.